The number of thiazole rings is 1. The summed E-state index contributed by atoms with van der Waals surface area (Å²) in [4.78, 5) is 35.6. The lowest BCUT2D eigenvalue weighted by molar-refractivity contribution is 0.0531. The van der Waals surface area contributed by atoms with Crippen LogP contribution in [0.15, 0.2) is 4.79 Å². The van der Waals surface area contributed by atoms with Gasteiger partial charge in [-0.1, -0.05) is 11.3 Å². The van der Waals surface area contributed by atoms with E-state index in [0.717, 1.165) is 30.5 Å². The summed E-state index contributed by atoms with van der Waals surface area (Å²) in [5, 5.41) is 3.47. The number of aryl methyl sites for hydroxylation is 2. The van der Waals surface area contributed by atoms with E-state index in [9.17, 15) is 9.59 Å². The van der Waals surface area contributed by atoms with E-state index < -0.39 is 0 Å². The SMILES string of the molecule is CCOC(=O)c1sc(Nc2nc3c(c(=O)[nH]2)CCC3)nc1C. The zero-order valence-electron chi connectivity index (χ0n) is 12.4. The number of H-pyrrole nitrogens is 1. The summed E-state index contributed by atoms with van der Waals surface area (Å²) in [6.07, 6.45) is 2.55. The number of esters is 1. The van der Waals surface area contributed by atoms with E-state index in [2.05, 4.69) is 20.3 Å². The van der Waals surface area contributed by atoms with Crippen molar-refractivity contribution in [3.63, 3.8) is 0 Å². The van der Waals surface area contributed by atoms with Gasteiger partial charge in [-0.05, 0) is 33.1 Å². The molecule has 0 spiro atoms. The molecule has 2 aromatic rings. The molecule has 2 aromatic heterocycles. The summed E-state index contributed by atoms with van der Waals surface area (Å²) in [5.74, 6) is -0.0317. The number of hydrogen-bond acceptors (Lipinski definition) is 7. The highest BCUT2D eigenvalue weighted by Crippen LogP contribution is 2.26. The topological polar surface area (TPSA) is 97.0 Å². The fourth-order valence-electron chi connectivity index (χ4n) is 2.44. The van der Waals surface area contributed by atoms with Crippen LogP contribution in [0.2, 0.25) is 0 Å². The number of aromatic nitrogens is 3. The Labute approximate surface area is 130 Å². The van der Waals surface area contributed by atoms with Gasteiger partial charge in [0.2, 0.25) is 5.95 Å². The number of hydrogen-bond donors (Lipinski definition) is 2. The highest BCUT2D eigenvalue weighted by atomic mass is 32.1. The van der Waals surface area contributed by atoms with Crippen LogP contribution >= 0.6 is 11.3 Å². The predicted octanol–water partition coefficient (Wildman–Crippen LogP) is 1.94. The number of fused-ring (bicyclic) bond motifs is 1. The van der Waals surface area contributed by atoms with Gasteiger partial charge in [0.15, 0.2) is 5.13 Å². The normalized spacial score (nSPS) is 13.0. The average Bonchev–Trinajstić information content (AvgIpc) is 3.06. The first-order valence-electron chi connectivity index (χ1n) is 7.12. The second kappa shape index (κ2) is 5.88. The highest BCUT2D eigenvalue weighted by Gasteiger charge is 2.19. The fraction of sp³-hybridized carbons (Fsp3) is 0.429. The van der Waals surface area contributed by atoms with Gasteiger partial charge in [-0.2, -0.15) is 0 Å². The largest absolute Gasteiger partial charge is 0.462 e. The Hall–Kier alpha value is -2.22. The number of ether oxygens (including phenoxy) is 1. The second-order valence-electron chi connectivity index (χ2n) is 4.97. The molecule has 1 aliphatic carbocycles. The van der Waals surface area contributed by atoms with Gasteiger partial charge in [0.1, 0.15) is 4.88 Å². The first-order valence-corrected chi connectivity index (χ1v) is 7.93. The third-order valence-corrected chi connectivity index (χ3v) is 4.48. The number of anilines is 2. The highest BCUT2D eigenvalue weighted by molar-refractivity contribution is 7.17. The van der Waals surface area contributed by atoms with Crippen LogP contribution < -0.4 is 10.9 Å². The molecule has 0 fully saturated rings. The summed E-state index contributed by atoms with van der Waals surface area (Å²) < 4.78 is 4.98. The van der Waals surface area contributed by atoms with Crippen molar-refractivity contribution in [1.29, 1.82) is 0 Å². The summed E-state index contributed by atoms with van der Waals surface area (Å²) in [7, 11) is 0. The lowest BCUT2D eigenvalue weighted by atomic mass is 10.3. The zero-order valence-corrected chi connectivity index (χ0v) is 13.2. The van der Waals surface area contributed by atoms with Crippen molar-refractivity contribution in [2.75, 3.05) is 11.9 Å². The van der Waals surface area contributed by atoms with Crippen molar-refractivity contribution in [1.82, 2.24) is 15.0 Å². The Morgan fingerprint density at radius 1 is 1.41 bits per heavy atom. The molecule has 0 radical (unpaired) electrons. The molecule has 0 atom stereocenters. The van der Waals surface area contributed by atoms with E-state index in [1.54, 1.807) is 13.8 Å². The maximum Gasteiger partial charge on any atom is 0.350 e. The third-order valence-electron chi connectivity index (χ3n) is 3.42. The number of carbonyl (C=O) groups is 1. The van der Waals surface area contributed by atoms with Gasteiger partial charge in [0, 0.05) is 5.56 Å². The summed E-state index contributed by atoms with van der Waals surface area (Å²) in [6.45, 7) is 3.82. The lowest BCUT2D eigenvalue weighted by Gasteiger charge is -2.03. The average molecular weight is 320 g/mol. The van der Waals surface area contributed by atoms with Gasteiger partial charge >= 0.3 is 5.97 Å². The van der Waals surface area contributed by atoms with Gasteiger partial charge in [0.05, 0.1) is 18.0 Å². The molecule has 0 saturated carbocycles. The Morgan fingerprint density at radius 3 is 3.00 bits per heavy atom. The Kier molecular flexibility index (Phi) is 3.93. The fourth-order valence-corrected chi connectivity index (χ4v) is 3.30. The quantitative estimate of drug-likeness (QED) is 0.836. The monoisotopic (exact) mass is 320 g/mol. The number of aromatic amines is 1. The minimum absolute atomic E-state index is 0.108. The van der Waals surface area contributed by atoms with E-state index in [1.165, 1.54) is 11.3 Å². The Morgan fingerprint density at radius 2 is 2.23 bits per heavy atom. The number of nitrogens with zero attached hydrogens (tertiary/aromatic N) is 2. The zero-order chi connectivity index (χ0) is 15.7. The van der Waals surface area contributed by atoms with Crippen molar-refractivity contribution in [3.8, 4) is 0 Å². The molecule has 0 amide bonds. The number of carbonyl (C=O) groups excluding carboxylic acids is 1. The molecule has 0 bridgehead atoms. The standard InChI is InChI=1S/C14H16N4O3S/c1-3-21-12(20)10-7(2)15-14(22-10)18-13-16-9-6-4-5-8(9)11(19)17-13/h3-6H2,1-2H3,(H2,15,16,17,18,19). The molecule has 2 N–H and O–H groups in total. The Balaban J connectivity index is 1.85. The van der Waals surface area contributed by atoms with E-state index >= 15 is 0 Å². The maximum absolute atomic E-state index is 12.0. The smallest absolute Gasteiger partial charge is 0.350 e. The van der Waals surface area contributed by atoms with E-state index in [4.69, 9.17) is 4.74 Å². The molecule has 0 unspecified atom stereocenters. The number of rotatable bonds is 4. The minimum Gasteiger partial charge on any atom is -0.462 e. The predicted molar refractivity (Wildman–Crippen MR) is 83.0 cm³/mol. The van der Waals surface area contributed by atoms with E-state index in [0.29, 0.717) is 28.3 Å². The molecule has 116 valence electrons. The van der Waals surface area contributed by atoms with Crippen molar-refractivity contribution in [2.24, 2.45) is 0 Å². The van der Waals surface area contributed by atoms with Gasteiger partial charge in [0.25, 0.3) is 5.56 Å². The Bertz CT molecular complexity index is 781. The van der Waals surface area contributed by atoms with Crippen molar-refractivity contribution < 1.29 is 9.53 Å². The number of nitrogens with one attached hydrogen (secondary N) is 2. The van der Waals surface area contributed by atoms with Crippen LogP contribution in [-0.4, -0.2) is 27.5 Å². The molecule has 22 heavy (non-hydrogen) atoms. The molecule has 1 aliphatic rings. The van der Waals surface area contributed by atoms with Crippen LogP contribution in [-0.2, 0) is 17.6 Å². The first kappa shape index (κ1) is 14.7. The molecule has 7 nitrogen and oxygen atoms in total. The van der Waals surface area contributed by atoms with Crippen LogP contribution in [0.25, 0.3) is 0 Å². The van der Waals surface area contributed by atoms with Crippen LogP contribution in [0.1, 0.15) is 40.0 Å². The summed E-state index contributed by atoms with van der Waals surface area (Å²) in [6, 6.07) is 0. The maximum atomic E-state index is 12.0. The lowest BCUT2D eigenvalue weighted by Crippen LogP contribution is -2.16. The van der Waals surface area contributed by atoms with Gasteiger partial charge in [-0.25, -0.2) is 14.8 Å². The molecule has 3 rings (SSSR count). The molecule has 0 aliphatic heterocycles. The van der Waals surface area contributed by atoms with Crippen LogP contribution in [0.3, 0.4) is 0 Å². The molecule has 8 heteroatoms. The van der Waals surface area contributed by atoms with Crippen molar-refractivity contribution in [2.45, 2.75) is 33.1 Å². The molecule has 2 heterocycles. The van der Waals surface area contributed by atoms with Gasteiger partial charge in [-0.15, -0.1) is 0 Å². The van der Waals surface area contributed by atoms with Crippen LogP contribution in [0.5, 0.6) is 0 Å². The van der Waals surface area contributed by atoms with E-state index in [-0.39, 0.29) is 11.5 Å². The molecule has 0 aromatic carbocycles. The van der Waals surface area contributed by atoms with Crippen LogP contribution in [0, 0.1) is 6.92 Å². The van der Waals surface area contributed by atoms with Crippen molar-refractivity contribution >= 4 is 28.4 Å². The van der Waals surface area contributed by atoms with Crippen LogP contribution in [0.4, 0.5) is 11.1 Å². The molecular weight excluding hydrogens is 304 g/mol. The van der Waals surface area contributed by atoms with Gasteiger partial charge < -0.3 is 10.1 Å². The van der Waals surface area contributed by atoms with Gasteiger partial charge in [-0.3, -0.25) is 9.78 Å². The summed E-state index contributed by atoms with van der Waals surface area (Å²) in [5.41, 5.74) is 2.09. The van der Waals surface area contributed by atoms with E-state index in [1.807, 2.05) is 0 Å². The minimum atomic E-state index is -0.388. The summed E-state index contributed by atoms with van der Waals surface area (Å²) >= 11 is 1.18. The first-order chi connectivity index (χ1) is 10.6. The third kappa shape index (κ3) is 2.74. The molecular formula is C14H16N4O3S. The van der Waals surface area contributed by atoms with Crippen molar-refractivity contribution in [3.05, 3.63) is 32.2 Å². The second-order valence-corrected chi connectivity index (χ2v) is 5.97. The molecule has 0 saturated heterocycles.